The van der Waals surface area contributed by atoms with Crippen molar-refractivity contribution in [2.24, 2.45) is 0 Å². The summed E-state index contributed by atoms with van der Waals surface area (Å²) in [5.41, 5.74) is 2.74. The van der Waals surface area contributed by atoms with Crippen molar-refractivity contribution in [2.75, 3.05) is 6.54 Å². The van der Waals surface area contributed by atoms with Crippen molar-refractivity contribution in [3.63, 3.8) is 0 Å². The first kappa shape index (κ1) is 9.34. The van der Waals surface area contributed by atoms with Gasteiger partial charge in [0.1, 0.15) is 0 Å². The lowest BCUT2D eigenvalue weighted by atomic mass is 10.0. The maximum atomic E-state index is 11.5. The minimum atomic E-state index is 0.147. The van der Waals surface area contributed by atoms with E-state index >= 15 is 0 Å². The van der Waals surface area contributed by atoms with Gasteiger partial charge in [-0.1, -0.05) is 13.8 Å². The first-order valence-corrected chi connectivity index (χ1v) is 4.92. The lowest BCUT2D eigenvalue weighted by molar-refractivity contribution is 0.0981. The second-order valence-electron chi connectivity index (χ2n) is 3.91. The van der Waals surface area contributed by atoms with Crippen LogP contribution in [0.4, 0.5) is 0 Å². The van der Waals surface area contributed by atoms with Crippen molar-refractivity contribution in [1.82, 2.24) is 10.3 Å². The van der Waals surface area contributed by atoms with E-state index < -0.39 is 0 Å². The summed E-state index contributed by atoms with van der Waals surface area (Å²) < 4.78 is 0. The third kappa shape index (κ3) is 1.55. The first-order valence-electron chi connectivity index (χ1n) is 4.92. The van der Waals surface area contributed by atoms with Crippen LogP contribution in [0.1, 0.15) is 41.5 Å². The molecule has 0 saturated carbocycles. The molecule has 0 spiro atoms. The highest BCUT2D eigenvalue weighted by Crippen LogP contribution is 2.17. The van der Waals surface area contributed by atoms with Crippen molar-refractivity contribution < 1.29 is 4.79 Å². The quantitative estimate of drug-likeness (QED) is 0.729. The highest BCUT2D eigenvalue weighted by Gasteiger charge is 2.18. The molecule has 0 unspecified atom stereocenters. The van der Waals surface area contributed by atoms with Crippen LogP contribution in [0.3, 0.4) is 0 Å². The molecule has 0 atom stereocenters. The van der Waals surface area contributed by atoms with Gasteiger partial charge in [0.15, 0.2) is 5.78 Å². The van der Waals surface area contributed by atoms with Crippen LogP contribution in [-0.2, 0) is 6.54 Å². The Balaban J connectivity index is 2.44. The molecule has 14 heavy (non-hydrogen) atoms. The molecule has 1 aromatic heterocycles. The Bertz CT molecular complexity index is 372. The smallest absolute Gasteiger partial charge is 0.178 e. The number of rotatable bonds is 1. The number of pyridine rings is 1. The van der Waals surface area contributed by atoms with Crippen LogP contribution in [0.15, 0.2) is 12.1 Å². The van der Waals surface area contributed by atoms with E-state index in [1.807, 2.05) is 12.1 Å². The van der Waals surface area contributed by atoms with Crippen molar-refractivity contribution in [2.45, 2.75) is 26.3 Å². The largest absolute Gasteiger partial charge is 0.304 e. The molecule has 74 valence electrons. The van der Waals surface area contributed by atoms with Crippen molar-refractivity contribution in [1.29, 1.82) is 0 Å². The molecule has 1 aliphatic heterocycles. The van der Waals surface area contributed by atoms with Crippen LogP contribution >= 0.6 is 0 Å². The summed E-state index contributed by atoms with van der Waals surface area (Å²) in [6.07, 6.45) is 0. The molecule has 2 rings (SSSR count). The molecular formula is C11H14N2O. The van der Waals surface area contributed by atoms with Crippen LogP contribution in [0.2, 0.25) is 0 Å². The Labute approximate surface area is 83.5 Å². The van der Waals surface area contributed by atoms with Gasteiger partial charge in [0.05, 0.1) is 12.2 Å². The zero-order chi connectivity index (χ0) is 10.1. The van der Waals surface area contributed by atoms with Gasteiger partial charge in [0.2, 0.25) is 0 Å². The molecule has 0 aliphatic carbocycles. The molecule has 3 nitrogen and oxygen atoms in total. The van der Waals surface area contributed by atoms with Crippen LogP contribution in [0, 0.1) is 0 Å². The van der Waals surface area contributed by atoms with Gasteiger partial charge in [-0.15, -0.1) is 0 Å². The molecule has 0 fully saturated rings. The molecule has 0 radical (unpaired) electrons. The Morgan fingerprint density at radius 3 is 2.86 bits per heavy atom. The van der Waals surface area contributed by atoms with Gasteiger partial charge in [0.25, 0.3) is 0 Å². The second-order valence-corrected chi connectivity index (χ2v) is 3.91. The van der Waals surface area contributed by atoms with Gasteiger partial charge < -0.3 is 5.32 Å². The van der Waals surface area contributed by atoms with Gasteiger partial charge in [-0.25, -0.2) is 0 Å². The molecule has 1 aliphatic rings. The summed E-state index contributed by atoms with van der Waals surface area (Å²) in [7, 11) is 0. The predicted molar refractivity (Wildman–Crippen MR) is 54.4 cm³/mol. The zero-order valence-corrected chi connectivity index (χ0v) is 8.50. The average molecular weight is 190 g/mol. The minimum Gasteiger partial charge on any atom is -0.304 e. The van der Waals surface area contributed by atoms with E-state index in [9.17, 15) is 4.79 Å². The summed E-state index contributed by atoms with van der Waals surface area (Å²) in [5.74, 6) is 0.561. The highest BCUT2D eigenvalue weighted by atomic mass is 16.1. The zero-order valence-electron chi connectivity index (χ0n) is 8.50. The lowest BCUT2D eigenvalue weighted by Crippen LogP contribution is -2.30. The standard InChI is InChI=1S/C11H14N2O/c1-7(2)9-4-3-8-10(13-9)5-12-6-11(8)14/h3-4,7,12H,5-6H2,1-2H3. The number of fused-ring (bicyclic) bond motifs is 1. The maximum Gasteiger partial charge on any atom is 0.178 e. The van der Waals surface area contributed by atoms with Gasteiger partial charge in [-0.3, -0.25) is 9.78 Å². The number of aromatic nitrogens is 1. The predicted octanol–water partition coefficient (Wildman–Crippen LogP) is 1.49. The number of hydrogen-bond acceptors (Lipinski definition) is 3. The lowest BCUT2D eigenvalue weighted by Gasteiger charge is -2.16. The second kappa shape index (κ2) is 3.50. The van der Waals surface area contributed by atoms with Gasteiger partial charge in [-0.05, 0) is 18.1 Å². The normalized spacial score (nSPS) is 15.8. The van der Waals surface area contributed by atoms with E-state index in [0.29, 0.717) is 19.0 Å². The van der Waals surface area contributed by atoms with Crippen LogP contribution in [-0.4, -0.2) is 17.3 Å². The molecule has 2 heterocycles. The number of hydrogen-bond donors (Lipinski definition) is 1. The topological polar surface area (TPSA) is 42.0 Å². The van der Waals surface area contributed by atoms with Gasteiger partial charge in [0, 0.05) is 17.8 Å². The van der Waals surface area contributed by atoms with Crippen LogP contribution in [0.5, 0.6) is 0 Å². The number of ketones is 1. The van der Waals surface area contributed by atoms with E-state index in [-0.39, 0.29) is 5.78 Å². The van der Waals surface area contributed by atoms with E-state index in [0.717, 1.165) is 17.0 Å². The van der Waals surface area contributed by atoms with E-state index in [1.165, 1.54) is 0 Å². The third-order valence-electron chi connectivity index (χ3n) is 2.47. The first-order chi connectivity index (χ1) is 6.68. The fourth-order valence-corrected chi connectivity index (χ4v) is 1.62. The SMILES string of the molecule is CC(C)c1ccc2c(n1)CNCC2=O. The Kier molecular flexibility index (Phi) is 2.33. The number of nitrogens with zero attached hydrogens (tertiary/aromatic N) is 1. The van der Waals surface area contributed by atoms with E-state index in [1.54, 1.807) is 0 Å². The maximum absolute atomic E-state index is 11.5. The van der Waals surface area contributed by atoms with Crippen molar-refractivity contribution in [3.05, 3.63) is 29.1 Å². The molecule has 1 N–H and O–H groups in total. The van der Waals surface area contributed by atoms with Gasteiger partial charge in [-0.2, -0.15) is 0 Å². The fourth-order valence-electron chi connectivity index (χ4n) is 1.62. The van der Waals surface area contributed by atoms with Gasteiger partial charge >= 0.3 is 0 Å². The molecular weight excluding hydrogens is 176 g/mol. The van der Waals surface area contributed by atoms with Crippen LogP contribution in [0.25, 0.3) is 0 Å². The van der Waals surface area contributed by atoms with E-state index in [4.69, 9.17) is 0 Å². The molecule has 0 saturated heterocycles. The Morgan fingerprint density at radius 2 is 2.14 bits per heavy atom. The highest BCUT2D eigenvalue weighted by molar-refractivity contribution is 5.99. The van der Waals surface area contributed by atoms with Crippen molar-refractivity contribution >= 4 is 5.78 Å². The Morgan fingerprint density at radius 1 is 1.36 bits per heavy atom. The number of nitrogens with one attached hydrogen (secondary N) is 1. The molecule has 0 aromatic carbocycles. The molecule has 0 amide bonds. The molecule has 3 heteroatoms. The summed E-state index contributed by atoms with van der Waals surface area (Å²) in [5, 5.41) is 3.04. The summed E-state index contributed by atoms with van der Waals surface area (Å²) >= 11 is 0. The number of carbonyl (C=O) groups is 1. The minimum absolute atomic E-state index is 0.147. The van der Waals surface area contributed by atoms with E-state index in [2.05, 4.69) is 24.1 Å². The van der Waals surface area contributed by atoms with Crippen molar-refractivity contribution in [3.8, 4) is 0 Å². The number of carbonyl (C=O) groups excluding carboxylic acids is 1. The monoisotopic (exact) mass is 190 g/mol. The molecule has 0 bridgehead atoms. The number of Topliss-reactive ketones (excluding diaryl/α,β-unsaturated/α-hetero) is 1. The summed E-state index contributed by atoms with van der Waals surface area (Å²) in [6.45, 7) is 5.36. The fraction of sp³-hybridized carbons (Fsp3) is 0.455. The van der Waals surface area contributed by atoms with Crippen LogP contribution < -0.4 is 5.32 Å². The summed E-state index contributed by atoms with van der Waals surface area (Å²) in [4.78, 5) is 15.9. The third-order valence-corrected chi connectivity index (χ3v) is 2.47. The molecule has 1 aromatic rings. The average Bonchev–Trinajstić information content (AvgIpc) is 2.17. The summed E-state index contributed by atoms with van der Waals surface area (Å²) in [6, 6.07) is 3.85. The Hall–Kier alpha value is -1.22.